The average Bonchev–Trinajstić information content (AvgIpc) is 2.41. The van der Waals surface area contributed by atoms with Crippen LogP contribution in [0.15, 0.2) is 36.4 Å². The van der Waals surface area contributed by atoms with Gasteiger partial charge < -0.3 is 10.5 Å². The van der Waals surface area contributed by atoms with Crippen LogP contribution in [0.4, 0.5) is 0 Å². The van der Waals surface area contributed by atoms with Gasteiger partial charge in [0.2, 0.25) is 0 Å². The number of halogens is 1. The van der Waals surface area contributed by atoms with Gasteiger partial charge in [-0.1, -0.05) is 35.9 Å². The van der Waals surface area contributed by atoms with Crippen LogP contribution in [0, 0.1) is 17.4 Å². The minimum atomic E-state index is -0.165. The molecule has 0 radical (unpaired) electrons. The van der Waals surface area contributed by atoms with Crippen molar-refractivity contribution in [3.63, 3.8) is 0 Å². The lowest BCUT2D eigenvalue weighted by atomic mass is 9.96. The number of benzene rings is 2. The van der Waals surface area contributed by atoms with Crippen molar-refractivity contribution in [2.45, 2.75) is 19.9 Å². The molecule has 0 amide bonds. The summed E-state index contributed by atoms with van der Waals surface area (Å²) in [5.74, 6) is 0.843. The third kappa shape index (κ3) is 2.92. The van der Waals surface area contributed by atoms with Crippen molar-refractivity contribution in [1.29, 1.82) is 0 Å². The Morgan fingerprint density at radius 1 is 1.11 bits per heavy atom. The highest BCUT2D eigenvalue weighted by Gasteiger charge is 2.17. The molecule has 1 unspecified atom stereocenters. The average molecular weight is 367 g/mol. The molecule has 19 heavy (non-hydrogen) atoms. The molecule has 3 heteroatoms. The van der Waals surface area contributed by atoms with E-state index in [1.165, 1.54) is 14.7 Å². The predicted molar refractivity (Wildman–Crippen MR) is 87.7 cm³/mol. The first-order valence-corrected chi connectivity index (χ1v) is 7.27. The lowest BCUT2D eigenvalue weighted by Crippen LogP contribution is -2.15. The summed E-state index contributed by atoms with van der Waals surface area (Å²) in [5.41, 5.74) is 11.1. The summed E-state index contributed by atoms with van der Waals surface area (Å²) in [4.78, 5) is 0. The normalized spacial score (nSPS) is 12.3. The van der Waals surface area contributed by atoms with Crippen molar-refractivity contribution in [3.05, 3.63) is 62.2 Å². The van der Waals surface area contributed by atoms with Gasteiger partial charge in [-0.2, -0.15) is 0 Å². The third-order valence-corrected chi connectivity index (χ3v) is 4.75. The third-order valence-electron chi connectivity index (χ3n) is 3.28. The second kappa shape index (κ2) is 5.92. The summed E-state index contributed by atoms with van der Waals surface area (Å²) < 4.78 is 6.65. The Hall–Kier alpha value is -1.07. The highest BCUT2D eigenvalue weighted by atomic mass is 127. The molecule has 2 nitrogen and oxygen atoms in total. The zero-order valence-electron chi connectivity index (χ0n) is 11.4. The van der Waals surface area contributed by atoms with Crippen LogP contribution in [0.3, 0.4) is 0 Å². The van der Waals surface area contributed by atoms with Gasteiger partial charge in [-0.05, 0) is 53.6 Å². The quantitative estimate of drug-likeness (QED) is 0.834. The van der Waals surface area contributed by atoms with Gasteiger partial charge in [-0.3, -0.25) is 0 Å². The Bertz CT molecular complexity index is 595. The van der Waals surface area contributed by atoms with E-state index < -0.39 is 0 Å². The topological polar surface area (TPSA) is 35.2 Å². The first-order valence-electron chi connectivity index (χ1n) is 6.19. The Labute approximate surface area is 128 Å². The van der Waals surface area contributed by atoms with Crippen LogP contribution in [0.5, 0.6) is 5.75 Å². The van der Waals surface area contributed by atoms with Crippen molar-refractivity contribution in [2.75, 3.05) is 7.11 Å². The molecule has 2 aromatic rings. The van der Waals surface area contributed by atoms with Crippen LogP contribution in [0.1, 0.15) is 28.3 Å². The van der Waals surface area contributed by atoms with Crippen LogP contribution in [0.2, 0.25) is 0 Å². The molecule has 0 fully saturated rings. The van der Waals surface area contributed by atoms with Gasteiger partial charge in [-0.25, -0.2) is 0 Å². The van der Waals surface area contributed by atoms with Crippen molar-refractivity contribution in [3.8, 4) is 5.75 Å². The van der Waals surface area contributed by atoms with Crippen LogP contribution in [-0.2, 0) is 0 Å². The fourth-order valence-electron chi connectivity index (χ4n) is 2.17. The van der Waals surface area contributed by atoms with Crippen molar-refractivity contribution in [1.82, 2.24) is 0 Å². The second-order valence-electron chi connectivity index (χ2n) is 4.70. The molecule has 0 aromatic heterocycles. The maximum Gasteiger partial charge on any atom is 0.123 e. The number of nitrogens with two attached hydrogens (primary N) is 1. The van der Waals surface area contributed by atoms with Gasteiger partial charge in [0.05, 0.1) is 13.2 Å². The highest BCUT2D eigenvalue weighted by Crippen LogP contribution is 2.32. The van der Waals surface area contributed by atoms with Crippen molar-refractivity contribution in [2.24, 2.45) is 5.73 Å². The summed E-state index contributed by atoms with van der Waals surface area (Å²) in [6.45, 7) is 4.17. The maximum atomic E-state index is 6.45. The number of hydrogen-bond donors (Lipinski definition) is 1. The van der Waals surface area contributed by atoms with E-state index in [4.69, 9.17) is 10.5 Å². The smallest absolute Gasteiger partial charge is 0.123 e. The standard InChI is InChI=1S/C16H18INO/c1-10-7-8-14(19-3)13(9-10)16(18)12-6-4-5-11(2)15(12)17/h4-9,16H,18H2,1-3H3. The molecular weight excluding hydrogens is 349 g/mol. The van der Waals surface area contributed by atoms with E-state index >= 15 is 0 Å². The van der Waals surface area contributed by atoms with E-state index in [1.807, 2.05) is 12.1 Å². The fraction of sp³-hybridized carbons (Fsp3) is 0.250. The summed E-state index contributed by atoms with van der Waals surface area (Å²) in [5, 5.41) is 0. The summed E-state index contributed by atoms with van der Waals surface area (Å²) in [6, 6.07) is 12.2. The van der Waals surface area contributed by atoms with E-state index in [0.717, 1.165) is 16.9 Å². The van der Waals surface area contributed by atoms with Crippen LogP contribution < -0.4 is 10.5 Å². The summed E-state index contributed by atoms with van der Waals surface area (Å²) >= 11 is 2.36. The number of methoxy groups -OCH3 is 1. The minimum absolute atomic E-state index is 0.165. The van der Waals surface area contributed by atoms with E-state index in [0.29, 0.717) is 0 Å². The molecule has 0 aliphatic carbocycles. The number of hydrogen-bond acceptors (Lipinski definition) is 2. The molecule has 0 heterocycles. The van der Waals surface area contributed by atoms with Crippen LogP contribution in [-0.4, -0.2) is 7.11 Å². The molecule has 0 spiro atoms. The number of ether oxygens (including phenoxy) is 1. The zero-order valence-corrected chi connectivity index (χ0v) is 13.6. The molecular formula is C16H18INO. The van der Waals surface area contributed by atoms with Gasteiger partial charge in [-0.15, -0.1) is 0 Å². The first-order chi connectivity index (χ1) is 9.04. The Morgan fingerprint density at radius 3 is 2.53 bits per heavy atom. The molecule has 0 aliphatic heterocycles. The molecule has 2 rings (SSSR count). The van der Waals surface area contributed by atoms with Gasteiger partial charge in [0.15, 0.2) is 0 Å². The van der Waals surface area contributed by atoms with Crippen LogP contribution >= 0.6 is 22.6 Å². The van der Waals surface area contributed by atoms with Gasteiger partial charge in [0.25, 0.3) is 0 Å². The predicted octanol–water partition coefficient (Wildman–Crippen LogP) is 3.96. The van der Waals surface area contributed by atoms with Crippen LogP contribution in [0.25, 0.3) is 0 Å². The van der Waals surface area contributed by atoms with Gasteiger partial charge >= 0.3 is 0 Å². The van der Waals surface area contributed by atoms with E-state index in [1.54, 1.807) is 7.11 Å². The fourth-order valence-corrected chi connectivity index (χ4v) is 2.87. The molecule has 1 atom stereocenters. The van der Waals surface area contributed by atoms with E-state index in [2.05, 4.69) is 60.7 Å². The first kappa shape index (κ1) is 14.3. The van der Waals surface area contributed by atoms with Crippen molar-refractivity contribution < 1.29 is 4.74 Å². The lowest BCUT2D eigenvalue weighted by Gasteiger charge is -2.19. The molecule has 2 N–H and O–H groups in total. The molecule has 0 bridgehead atoms. The molecule has 0 saturated carbocycles. The van der Waals surface area contributed by atoms with Crippen molar-refractivity contribution >= 4 is 22.6 Å². The zero-order chi connectivity index (χ0) is 14.0. The Morgan fingerprint density at radius 2 is 1.84 bits per heavy atom. The second-order valence-corrected chi connectivity index (χ2v) is 5.78. The maximum absolute atomic E-state index is 6.45. The molecule has 100 valence electrons. The van der Waals surface area contributed by atoms with Gasteiger partial charge in [0.1, 0.15) is 5.75 Å². The lowest BCUT2D eigenvalue weighted by molar-refractivity contribution is 0.407. The molecule has 0 aliphatic rings. The number of aryl methyl sites for hydroxylation is 2. The SMILES string of the molecule is COc1ccc(C)cc1C(N)c1cccc(C)c1I. The highest BCUT2D eigenvalue weighted by molar-refractivity contribution is 14.1. The van der Waals surface area contributed by atoms with E-state index in [-0.39, 0.29) is 6.04 Å². The Balaban J connectivity index is 2.52. The van der Waals surface area contributed by atoms with Gasteiger partial charge in [0, 0.05) is 9.13 Å². The monoisotopic (exact) mass is 367 g/mol. The Kier molecular flexibility index (Phi) is 4.47. The minimum Gasteiger partial charge on any atom is -0.496 e. The molecule has 2 aromatic carbocycles. The number of rotatable bonds is 3. The van der Waals surface area contributed by atoms with E-state index in [9.17, 15) is 0 Å². The summed E-state index contributed by atoms with van der Waals surface area (Å²) in [7, 11) is 1.68. The largest absolute Gasteiger partial charge is 0.496 e. The summed E-state index contributed by atoms with van der Waals surface area (Å²) in [6.07, 6.45) is 0. The molecule has 0 saturated heterocycles.